The van der Waals surface area contributed by atoms with Crippen LogP contribution in [0.5, 0.6) is 5.75 Å². The number of pyridine rings is 1. The van der Waals surface area contributed by atoms with E-state index in [0.717, 1.165) is 22.3 Å². The van der Waals surface area contributed by atoms with Crippen molar-refractivity contribution >= 4 is 0 Å². The van der Waals surface area contributed by atoms with Crippen molar-refractivity contribution in [2.24, 2.45) is 5.41 Å². The van der Waals surface area contributed by atoms with Gasteiger partial charge in [0.25, 0.3) is 0 Å². The lowest BCUT2D eigenvalue weighted by Gasteiger charge is -2.41. The molecule has 0 saturated carbocycles. The highest BCUT2D eigenvalue weighted by atomic mass is 19.3. The number of hydrogen-bond donors (Lipinski definition) is 1. The van der Waals surface area contributed by atoms with Crippen LogP contribution in [0.15, 0.2) is 73.1 Å². The largest absolute Gasteiger partial charge is 0.433 e. The first-order chi connectivity index (χ1) is 13.5. The van der Waals surface area contributed by atoms with Crippen LogP contribution in [0.4, 0.5) is 8.78 Å². The van der Waals surface area contributed by atoms with Crippen molar-refractivity contribution in [3.8, 4) is 16.9 Å². The Kier molecular flexibility index (Phi) is 5.46. The van der Waals surface area contributed by atoms with E-state index in [2.05, 4.69) is 9.72 Å². The Morgan fingerprint density at radius 2 is 1.34 bits per heavy atom. The van der Waals surface area contributed by atoms with Crippen molar-refractivity contribution in [2.75, 3.05) is 0 Å². The number of hydrogen-bond acceptors (Lipinski definition) is 3. The first kappa shape index (κ1) is 20.9. The number of alkyl halides is 2. The third-order valence-electron chi connectivity index (χ3n) is 4.95. The second-order valence-electron chi connectivity index (χ2n) is 8.21. The summed E-state index contributed by atoms with van der Waals surface area (Å²) in [6, 6.07) is 17.8. The maximum atomic E-state index is 13.0. The molecule has 0 bridgehead atoms. The summed E-state index contributed by atoms with van der Waals surface area (Å²) in [5.41, 5.74) is 1.57. The Labute approximate surface area is 170 Å². The lowest BCUT2D eigenvalue weighted by Crippen LogP contribution is -2.41. The highest BCUT2D eigenvalue weighted by Gasteiger charge is 2.43. The molecular weight excluding hydrogens is 372 g/mol. The molecule has 3 nitrogen and oxygen atoms in total. The Morgan fingerprint density at radius 3 is 1.79 bits per heavy atom. The van der Waals surface area contributed by atoms with E-state index >= 15 is 0 Å². The number of halogens is 2. The Balaban J connectivity index is 1.93. The van der Waals surface area contributed by atoms with E-state index in [1.807, 2.05) is 57.2 Å². The van der Waals surface area contributed by atoms with Gasteiger partial charge in [-0.25, -0.2) is 0 Å². The Morgan fingerprint density at radius 1 is 0.793 bits per heavy atom. The lowest BCUT2D eigenvalue weighted by atomic mass is 9.68. The van der Waals surface area contributed by atoms with Crippen LogP contribution >= 0.6 is 0 Å². The van der Waals surface area contributed by atoms with Gasteiger partial charge >= 0.3 is 6.11 Å². The molecular formula is C24H25F2NO2. The molecule has 1 heterocycles. The topological polar surface area (TPSA) is 42.4 Å². The van der Waals surface area contributed by atoms with Crippen molar-refractivity contribution in [1.29, 1.82) is 0 Å². The number of benzene rings is 2. The Bertz CT molecular complexity index is 943. The van der Waals surface area contributed by atoms with Gasteiger partial charge < -0.3 is 9.84 Å². The average molecular weight is 397 g/mol. The zero-order valence-corrected chi connectivity index (χ0v) is 17.0. The molecule has 1 N–H and O–H groups in total. The number of nitrogens with zero attached hydrogens (tertiary/aromatic N) is 1. The van der Waals surface area contributed by atoms with Gasteiger partial charge in [-0.3, -0.25) is 4.98 Å². The molecule has 0 fully saturated rings. The zero-order chi connectivity index (χ0) is 21.3. The summed E-state index contributed by atoms with van der Waals surface area (Å²) in [6.07, 6.45) is 0.145. The van der Waals surface area contributed by atoms with E-state index in [9.17, 15) is 13.9 Å². The molecule has 0 aliphatic carbocycles. The quantitative estimate of drug-likeness (QED) is 0.572. The number of aliphatic hydroxyl groups is 1. The van der Waals surface area contributed by atoms with Crippen LogP contribution < -0.4 is 4.74 Å². The van der Waals surface area contributed by atoms with Gasteiger partial charge in [-0.05, 0) is 40.3 Å². The average Bonchev–Trinajstić information content (AvgIpc) is 2.67. The van der Waals surface area contributed by atoms with Crippen molar-refractivity contribution in [1.82, 2.24) is 4.98 Å². The summed E-state index contributed by atoms with van der Waals surface area (Å²) >= 11 is 0. The van der Waals surface area contributed by atoms with E-state index in [-0.39, 0.29) is 5.75 Å². The monoisotopic (exact) mass is 397 g/mol. The number of ether oxygens (including phenoxy) is 1. The zero-order valence-electron chi connectivity index (χ0n) is 17.0. The van der Waals surface area contributed by atoms with Crippen molar-refractivity contribution in [3.63, 3.8) is 0 Å². The molecule has 0 radical (unpaired) electrons. The lowest BCUT2D eigenvalue weighted by molar-refractivity contribution is -0.158. The van der Waals surface area contributed by atoms with Crippen LogP contribution in [0, 0.1) is 5.41 Å². The fourth-order valence-corrected chi connectivity index (χ4v) is 3.44. The smallest absolute Gasteiger partial charge is 0.394 e. The highest BCUT2D eigenvalue weighted by molar-refractivity contribution is 5.65. The SMILES string of the molecule is CC(F)(F)Oc1ccc(-c2ccc(C(O)(c3cccnc3)C(C)(C)C)cc2)cc1. The first-order valence-corrected chi connectivity index (χ1v) is 9.41. The molecule has 1 unspecified atom stereocenters. The Hall–Kier alpha value is -2.79. The molecule has 0 saturated heterocycles. The summed E-state index contributed by atoms with van der Waals surface area (Å²) in [4.78, 5) is 4.16. The minimum atomic E-state index is -3.22. The van der Waals surface area contributed by atoms with Gasteiger partial charge in [-0.1, -0.05) is 63.2 Å². The third-order valence-corrected chi connectivity index (χ3v) is 4.95. The van der Waals surface area contributed by atoms with Gasteiger partial charge in [0.05, 0.1) is 0 Å². The molecule has 1 atom stereocenters. The van der Waals surface area contributed by atoms with Gasteiger partial charge in [0.2, 0.25) is 0 Å². The third kappa shape index (κ3) is 4.46. The fraction of sp³-hybridized carbons (Fsp3) is 0.292. The van der Waals surface area contributed by atoms with E-state index in [4.69, 9.17) is 0 Å². The molecule has 2 aromatic carbocycles. The minimum Gasteiger partial charge on any atom is -0.433 e. The standard InChI is InChI=1S/C24H25F2NO2/c1-22(2,3)24(28,20-6-5-15-27-16-20)19-11-7-17(8-12-19)18-9-13-21(14-10-18)29-23(4,25)26/h5-16,28H,1-4H3. The molecule has 3 aromatic rings. The molecule has 3 rings (SSSR count). The van der Waals surface area contributed by atoms with Gasteiger partial charge in [-0.2, -0.15) is 8.78 Å². The summed E-state index contributed by atoms with van der Waals surface area (Å²) < 4.78 is 30.5. The van der Waals surface area contributed by atoms with E-state index in [1.165, 1.54) is 12.1 Å². The predicted octanol–water partition coefficient (Wildman–Crippen LogP) is 6.02. The molecule has 0 amide bonds. The molecule has 152 valence electrons. The van der Waals surface area contributed by atoms with Crippen LogP contribution in [0.1, 0.15) is 38.8 Å². The van der Waals surface area contributed by atoms with Crippen LogP contribution in [0.3, 0.4) is 0 Å². The second kappa shape index (κ2) is 7.56. The number of rotatable bonds is 5. The van der Waals surface area contributed by atoms with Gasteiger partial charge in [0.1, 0.15) is 11.4 Å². The summed E-state index contributed by atoms with van der Waals surface area (Å²) in [7, 11) is 0. The van der Waals surface area contributed by atoms with E-state index < -0.39 is 17.1 Å². The first-order valence-electron chi connectivity index (χ1n) is 9.41. The summed E-state index contributed by atoms with van der Waals surface area (Å²) in [5.74, 6) is 0.108. The molecule has 0 aliphatic heterocycles. The summed E-state index contributed by atoms with van der Waals surface area (Å²) in [6.45, 7) is 6.65. The van der Waals surface area contributed by atoms with Crippen LogP contribution in [0.25, 0.3) is 11.1 Å². The van der Waals surface area contributed by atoms with Crippen LogP contribution in [-0.2, 0) is 5.60 Å². The molecule has 1 aromatic heterocycles. The minimum absolute atomic E-state index is 0.108. The van der Waals surface area contributed by atoms with E-state index in [1.54, 1.807) is 24.5 Å². The normalized spacial score (nSPS) is 14.3. The molecule has 0 aliphatic rings. The van der Waals surface area contributed by atoms with Crippen molar-refractivity contribution in [3.05, 3.63) is 84.2 Å². The number of aromatic nitrogens is 1. The van der Waals surface area contributed by atoms with Gasteiger partial charge in [-0.15, -0.1) is 0 Å². The van der Waals surface area contributed by atoms with Crippen LogP contribution in [-0.4, -0.2) is 16.2 Å². The summed E-state index contributed by atoms with van der Waals surface area (Å²) in [5, 5.41) is 11.7. The van der Waals surface area contributed by atoms with Crippen molar-refractivity contribution < 1.29 is 18.6 Å². The fourth-order valence-electron chi connectivity index (χ4n) is 3.44. The van der Waals surface area contributed by atoms with Gasteiger partial charge in [0, 0.05) is 24.9 Å². The second-order valence-corrected chi connectivity index (χ2v) is 8.21. The molecule has 5 heteroatoms. The molecule has 0 spiro atoms. The highest BCUT2D eigenvalue weighted by Crippen LogP contribution is 2.44. The maximum Gasteiger partial charge on any atom is 0.394 e. The van der Waals surface area contributed by atoms with E-state index in [0.29, 0.717) is 6.92 Å². The van der Waals surface area contributed by atoms with Crippen LogP contribution in [0.2, 0.25) is 0 Å². The predicted molar refractivity (Wildman–Crippen MR) is 110 cm³/mol. The van der Waals surface area contributed by atoms with Gasteiger partial charge in [0.15, 0.2) is 0 Å². The molecule has 29 heavy (non-hydrogen) atoms. The maximum absolute atomic E-state index is 13.0. The van der Waals surface area contributed by atoms with Crippen molar-refractivity contribution in [2.45, 2.75) is 39.4 Å².